The van der Waals surface area contributed by atoms with Crippen LogP contribution in [0.2, 0.25) is 0 Å². The molecule has 0 saturated heterocycles. The molecule has 1 aromatic heterocycles. The topological polar surface area (TPSA) is 53.4 Å². The van der Waals surface area contributed by atoms with Crippen LogP contribution in [0.4, 0.5) is 5.69 Å². The molecular weight excluding hydrogens is 252 g/mol. The largest absolute Gasteiger partial charge is 0.478 e. The number of aryl methyl sites for hydroxylation is 1. The Morgan fingerprint density at radius 1 is 1.35 bits per heavy atom. The van der Waals surface area contributed by atoms with Gasteiger partial charge in [-0.3, -0.25) is 4.98 Å². The van der Waals surface area contributed by atoms with Crippen LogP contribution in [0.3, 0.4) is 0 Å². The zero-order chi connectivity index (χ0) is 14.1. The predicted molar refractivity (Wildman–Crippen MR) is 77.1 cm³/mol. The molecule has 0 radical (unpaired) electrons. The van der Waals surface area contributed by atoms with Gasteiger partial charge in [-0.15, -0.1) is 0 Å². The van der Waals surface area contributed by atoms with Crippen molar-refractivity contribution in [3.8, 4) is 0 Å². The predicted octanol–water partition coefficient (Wildman–Crippen LogP) is 2.65. The van der Waals surface area contributed by atoms with Gasteiger partial charge >= 0.3 is 5.97 Å². The van der Waals surface area contributed by atoms with Crippen LogP contribution in [-0.4, -0.2) is 22.6 Å². The smallest absolute Gasteiger partial charge is 0.335 e. The molecule has 1 N–H and O–H groups in total. The molecule has 4 heteroatoms. The van der Waals surface area contributed by atoms with Crippen molar-refractivity contribution in [3.05, 3.63) is 58.9 Å². The standard InChI is InChI=1S/C16H16N2O2/c1-11-3-2-4-14(17-11)10-18-8-7-12-9-13(16(19)20)5-6-15(12)18/h2-6,9H,7-8,10H2,1H3,(H,19,20). The Hall–Kier alpha value is -2.36. The summed E-state index contributed by atoms with van der Waals surface area (Å²) >= 11 is 0. The number of fused-ring (bicyclic) bond motifs is 1. The molecule has 3 rings (SSSR count). The molecule has 4 nitrogen and oxygen atoms in total. The van der Waals surface area contributed by atoms with Gasteiger partial charge in [-0.2, -0.15) is 0 Å². The van der Waals surface area contributed by atoms with E-state index in [0.29, 0.717) is 5.56 Å². The molecule has 2 aromatic rings. The van der Waals surface area contributed by atoms with E-state index < -0.39 is 5.97 Å². The van der Waals surface area contributed by atoms with Gasteiger partial charge in [0, 0.05) is 17.9 Å². The maximum atomic E-state index is 11.0. The van der Waals surface area contributed by atoms with Crippen molar-refractivity contribution >= 4 is 11.7 Å². The van der Waals surface area contributed by atoms with E-state index in [4.69, 9.17) is 5.11 Å². The highest BCUT2D eigenvalue weighted by Crippen LogP contribution is 2.29. The monoisotopic (exact) mass is 268 g/mol. The summed E-state index contributed by atoms with van der Waals surface area (Å²) < 4.78 is 0. The van der Waals surface area contributed by atoms with E-state index in [2.05, 4.69) is 9.88 Å². The molecule has 1 aliphatic heterocycles. The van der Waals surface area contributed by atoms with Crippen LogP contribution in [0, 0.1) is 6.92 Å². The second-order valence-electron chi connectivity index (χ2n) is 5.09. The SMILES string of the molecule is Cc1cccc(CN2CCc3cc(C(=O)O)ccc32)n1. The minimum absolute atomic E-state index is 0.360. The first kappa shape index (κ1) is 12.7. The third kappa shape index (κ3) is 2.37. The van der Waals surface area contributed by atoms with Crippen LogP contribution >= 0.6 is 0 Å². The number of aromatic nitrogens is 1. The lowest BCUT2D eigenvalue weighted by atomic mass is 10.1. The number of carbonyl (C=O) groups is 1. The number of pyridine rings is 1. The van der Waals surface area contributed by atoms with Gasteiger partial charge in [0.25, 0.3) is 0 Å². The van der Waals surface area contributed by atoms with Crippen LogP contribution in [0.1, 0.15) is 27.3 Å². The second kappa shape index (κ2) is 4.96. The molecule has 0 unspecified atom stereocenters. The summed E-state index contributed by atoms with van der Waals surface area (Å²) in [6, 6.07) is 11.4. The van der Waals surface area contributed by atoms with Crippen LogP contribution in [0.5, 0.6) is 0 Å². The molecule has 2 heterocycles. The lowest BCUT2D eigenvalue weighted by molar-refractivity contribution is 0.0697. The Morgan fingerprint density at radius 3 is 2.95 bits per heavy atom. The number of nitrogens with zero attached hydrogens (tertiary/aromatic N) is 2. The van der Waals surface area contributed by atoms with Crippen LogP contribution in [-0.2, 0) is 13.0 Å². The average Bonchev–Trinajstić information content (AvgIpc) is 2.81. The number of aromatic carboxylic acids is 1. The van der Waals surface area contributed by atoms with Gasteiger partial charge in [-0.05, 0) is 49.2 Å². The molecular formula is C16H16N2O2. The first-order valence-electron chi connectivity index (χ1n) is 6.67. The molecule has 0 atom stereocenters. The maximum Gasteiger partial charge on any atom is 0.335 e. The van der Waals surface area contributed by atoms with Crippen molar-refractivity contribution in [2.45, 2.75) is 19.9 Å². The van der Waals surface area contributed by atoms with Gasteiger partial charge < -0.3 is 10.0 Å². The molecule has 0 saturated carbocycles. The molecule has 0 aliphatic carbocycles. The maximum absolute atomic E-state index is 11.0. The summed E-state index contributed by atoms with van der Waals surface area (Å²) in [6.45, 7) is 3.66. The summed E-state index contributed by atoms with van der Waals surface area (Å²) in [4.78, 5) is 17.8. The van der Waals surface area contributed by atoms with Gasteiger partial charge in [-0.1, -0.05) is 6.07 Å². The number of rotatable bonds is 3. The Morgan fingerprint density at radius 2 is 2.20 bits per heavy atom. The van der Waals surface area contributed by atoms with Crippen LogP contribution in [0.15, 0.2) is 36.4 Å². The first-order chi connectivity index (χ1) is 9.63. The van der Waals surface area contributed by atoms with E-state index in [1.807, 2.05) is 31.2 Å². The lowest BCUT2D eigenvalue weighted by Crippen LogP contribution is -2.20. The lowest BCUT2D eigenvalue weighted by Gasteiger charge is -2.19. The summed E-state index contributed by atoms with van der Waals surface area (Å²) in [5.41, 5.74) is 4.65. The summed E-state index contributed by atoms with van der Waals surface area (Å²) in [5.74, 6) is -0.869. The Labute approximate surface area is 117 Å². The third-order valence-electron chi connectivity index (χ3n) is 3.62. The van der Waals surface area contributed by atoms with Crippen molar-refractivity contribution in [2.75, 3.05) is 11.4 Å². The van der Waals surface area contributed by atoms with Gasteiger partial charge in [0.2, 0.25) is 0 Å². The molecule has 1 aromatic carbocycles. The highest BCUT2D eigenvalue weighted by atomic mass is 16.4. The van der Waals surface area contributed by atoms with Crippen LogP contribution < -0.4 is 4.90 Å². The molecule has 0 bridgehead atoms. The number of benzene rings is 1. The Bertz CT molecular complexity index is 667. The third-order valence-corrected chi connectivity index (χ3v) is 3.62. The minimum atomic E-state index is -0.869. The van der Waals surface area contributed by atoms with Crippen molar-refractivity contribution in [3.63, 3.8) is 0 Å². The second-order valence-corrected chi connectivity index (χ2v) is 5.09. The minimum Gasteiger partial charge on any atom is -0.478 e. The summed E-state index contributed by atoms with van der Waals surface area (Å²) in [7, 11) is 0. The highest BCUT2D eigenvalue weighted by molar-refractivity contribution is 5.88. The molecule has 0 spiro atoms. The Balaban J connectivity index is 1.84. The molecule has 1 aliphatic rings. The van der Waals surface area contributed by atoms with Crippen LogP contribution in [0.25, 0.3) is 0 Å². The quantitative estimate of drug-likeness (QED) is 0.929. The zero-order valence-electron chi connectivity index (χ0n) is 11.3. The number of carboxylic acid groups (broad SMARTS) is 1. The average molecular weight is 268 g/mol. The molecule has 20 heavy (non-hydrogen) atoms. The fraction of sp³-hybridized carbons (Fsp3) is 0.250. The molecule has 102 valence electrons. The van der Waals surface area contributed by atoms with E-state index in [1.165, 1.54) is 0 Å². The normalized spacial score (nSPS) is 13.3. The van der Waals surface area contributed by atoms with E-state index in [0.717, 1.165) is 42.1 Å². The van der Waals surface area contributed by atoms with Gasteiger partial charge in [0.05, 0.1) is 17.8 Å². The van der Waals surface area contributed by atoms with E-state index in [-0.39, 0.29) is 0 Å². The van der Waals surface area contributed by atoms with E-state index >= 15 is 0 Å². The fourth-order valence-corrected chi connectivity index (χ4v) is 2.65. The molecule has 0 amide bonds. The number of anilines is 1. The van der Waals surface area contributed by atoms with Crippen molar-refractivity contribution in [1.29, 1.82) is 0 Å². The summed E-state index contributed by atoms with van der Waals surface area (Å²) in [6.07, 6.45) is 0.891. The first-order valence-corrected chi connectivity index (χ1v) is 6.67. The Kier molecular flexibility index (Phi) is 3.14. The highest BCUT2D eigenvalue weighted by Gasteiger charge is 2.20. The van der Waals surface area contributed by atoms with Crippen molar-refractivity contribution < 1.29 is 9.90 Å². The van der Waals surface area contributed by atoms with Gasteiger partial charge in [0.1, 0.15) is 0 Å². The summed E-state index contributed by atoms with van der Waals surface area (Å²) in [5, 5.41) is 9.02. The molecule has 0 fully saturated rings. The number of hydrogen-bond donors (Lipinski definition) is 1. The van der Waals surface area contributed by atoms with E-state index in [1.54, 1.807) is 12.1 Å². The van der Waals surface area contributed by atoms with E-state index in [9.17, 15) is 4.79 Å². The van der Waals surface area contributed by atoms with Crippen molar-refractivity contribution in [1.82, 2.24) is 4.98 Å². The zero-order valence-corrected chi connectivity index (χ0v) is 11.3. The number of carboxylic acids is 1. The van der Waals surface area contributed by atoms with Crippen molar-refractivity contribution in [2.24, 2.45) is 0 Å². The van der Waals surface area contributed by atoms with Gasteiger partial charge in [0.15, 0.2) is 0 Å². The fourth-order valence-electron chi connectivity index (χ4n) is 2.65. The van der Waals surface area contributed by atoms with Gasteiger partial charge in [-0.25, -0.2) is 4.79 Å². The number of hydrogen-bond acceptors (Lipinski definition) is 3.